The molecule has 0 spiro atoms. The molecule has 168 valence electrons. The standard InChI is InChI=1S/C26H30FN3O2/c1-5-7-19(14-17(2)27)30-12-10-18(11-13-30)28-26-20-8-6-9-22(20)29-23-16-25(32-4)24(31-3)15-21(23)26/h1,7,14-16,18H,6,8-13H2,2-4H3,(H,28,29)/b17-14+,19-7+. The van der Waals surface area contributed by atoms with Crippen molar-refractivity contribution >= 4 is 16.6 Å². The fourth-order valence-electron chi connectivity index (χ4n) is 4.75. The Kier molecular flexibility index (Phi) is 6.55. The normalized spacial score (nSPS) is 17.3. The van der Waals surface area contributed by atoms with Gasteiger partial charge in [-0.25, -0.2) is 4.39 Å². The van der Waals surface area contributed by atoms with Gasteiger partial charge in [0.1, 0.15) is 0 Å². The molecule has 0 amide bonds. The van der Waals surface area contributed by atoms with Gasteiger partial charge in [-0.3, -0.25) is 4.98 Å². The van der Waals surface area contributed by atoms with Crippen molar-refractivity contribution in [2.45, 2.75) is 45.1 Å². The Balaban J connectivity index is 1.61. The number of rotatable bonds is 6. The molecule has 1 aromatic heterocycles. The maximum atomic E-state index is 13.5. The van der Waals surface area contributed by atoms with E-state index in [2.05, 4.69) is 16.1 Å². The molecule has 0 atom stereocenters. The van der Waals surface area contributed by atoms with Crippen LogP contribution in [0.15, 0.2) is 35.8 Å². The Morgan fingerprint density at radius 1 is 1.22 bits per heavy atom. The molecule has 6 heteroatoms. The van der Waals surface area contributed by atoms with Crippen molar-refractivity contribution in [2.24, 2.45) is 0 Å². The molecule has 0 saturated carbocycles. The van der Waals surface area contributed by atoms with Crippen LogP contribution >= 0.6 is 0 Å². The molecule has 0 bridgehead atoms. The first-order valence-corrected chi connectivity index (χ1v) is 11.1. The molecule has 1 aromatic carbocycles. The number of anilines is 1. The Bertz CT molecular complexity index is 1100. The Hall–Kier alpha value is -3.20. The number of nitrogens with one attached hydrogen (secondary N) is 1. The number of fused-ring (bicyclic) bond motifs is 2. The number of methoxy groups -OCH3 is 2. The second kappa shape index (κ2) is 9.52. The number of benzene rings is 1. The molecule has 1 fully saturated rings. The number of ether oxygens (including phenoxy) is 2. The number of allylic oxidation sites excluding steroid dienone is 3. The third-order valence-electron chi connectivity index (χ3n) is 6.30. The highest BCUT2D eigenvalue weighted by Gasteiger charge is 2.25. The van der Waals surface area contributed by atoms with Crippen molar-refractivity contribution in [3.8, 4) is 23.8 Å². The van der Waals surface area contributed by atoms with Crippen molar-refractivity contribution in [1.29, 1.82) is 0 Å². The number of likely N-dealkylation sites (tertiary alicyclic amines) is 1. The first kappa shape index (κ1) is 22.0. The van der Waals surface area contributed by atoms with E-state index in [0.29, 0.717) is 17.5 Å². The number of hydrogen-bond acceptors (Lipinski definition) is 5. The van der Waals surface area contributed by atoms with Crippen LogP contribution in [0.25, 0.3) is 10.9 Å². The summed E-state index contributed by atoms with van der Waals surface area (Å²) in [5.74, 6) is 3.68. The number of halogens is 1. The van der Waals surface area contributed by atoms with Gasteiger partial charge in [0.2, 0.25) is 0 Å². The molecule has 0 unspecified atom stereocenters. The third-order valence-corrected chi connectivity index (χ3v) is 6.30. The van der Waals surface area contributed by atoms with E-state index in [1.807, 2.05) is 12.1 Å². The predicted molar refractivity (Wildman–Crippen MR) is 127 cm³/mol. The maximum absolute atomic E-state index is 13.5. The van der Waals surface area contributed by atoms with E-state index in [1.165, 1.54) is 29.9 Å². The van der Waals surface area contributed by atoms with Crippen LogP contribution in [0, 0.1) is 12.3 Å². The highest BCUT2D eigenvalue weighted by atomic mass is 19.1. The molecule has 1 N–H and O–H groups in total. The zero-order valence-corrected chi connectivity index (χ0v) is 19.0. The molecule has 2 aromatic rings. The van der Waals surface area contributed by atoms with Crippen LogP contribution in [0.4, 0.5) is 10.1 Å². The van der Waals surface area contributed by atoms with Crippen molar-refractivity contribution in [1.82, 2.24) is 9.88 Å². The van der Waals surface area contributed by atoms with Crippen molar-refractivity contribution in [3.63, 3.8) is 0 Å². The van der Waals surface area contributed by atoms with E-state index < -0.39 is 0 Å². The average Bonchev–Trinajstić information content (AvgIpc) is 3.26. The average molecular weight is 436 g/mol. The number of nitrogens with zero attached hydrogens (tertiary/aromatic N) is 2. The van der Waals surface area contributed by atoms with Gasteiger partial charge in [-0.05, 0) is 56.7 Å². The summed E-state index contributed by atoms with van der Waals surface area (Å²) in [6.07, 6.45) is 13.6. The topological polar surface area (TPSA) is 46.6 Å². The van der Waals surface area contributed by atoms with Crippen molar-refractivity contribution in [2.75, 3.05) is 32.6 Å². The van der Waals surface area contributed by atoms with Gasteiger partial charge in [0.15, 0.2) is 11.5 Å². The summed E-state index contributed by atoms with van der Waals surface area (Å²) in [6.45, 7) is 3.08. The Morgan fingerprint density at radius 3 is 2.59 bits per heavy atom. The van der Waals surface area contributed by atoms with Crippen LogP contribution in [0.1, 0.15) is 37.4 Å². The van der Waals surface area contributed by atoms with Gasteiger partial charge in [0.25, 0.3) is 0 Å². The fourth-order valence-corrected chi connectivity index (χ4v) is 4.75. The zero-order chi connectivity index (χ0) is 22.7. The van der Waals surface area contributed by atoms with Crippen LogP contribution < -0.4 is 14.8 Å². The molecule has 2 aliphatic rings. The summed E-state index contributed by atoms with van der Waals surface area (Å²) in [5, 5.41) is 4.90. The largest absolute Gasteiger partial charge is 0.493 e. The first-order valence-electron chi connectivity index (χ1n) is 11.1. The molecule has 5 nitrogen and oxygen atoms in total. The Morgan fingerprint density at radius 2 is 1.94 bits per heavy atom. The number of piperidine rings is 1. The summed E-state index contributed by atoms with van der Waals surface area (Å²) in [5.41, 5.74) is 5.34. The van der Waals surface area contributed by atoms with Gasteiger partial charge in [-0.2, -0.15) is 0 Å². The highest BCUT2D eigenvalue weighted by molar-refractivity contribution is 5.96. The summed E-state index contributed by atoms with van der Waals surface area (Å²) >= 11 is 0. The molecular formula is C26H30FN3O2. The minimum absolute atomic E-state index is 0.241. The SMILES string of the molecule is C#C/C=C(\C=C(/C)F)N1CCC(Nc2c3c(nc4cc(OC)c(OC)cc24)CCC3)CC1. The fraction of sp³-hybridized carbons (Fsp3) is 0.423. The summed E-state index contributed by atoms with van der Waals surface area (Å²) < 4.78 is 24.5. The number of aromatic nitrogens is 1. The molecular weight excluding hydrogens is 405 g/mol. The quantitative estimate of drug-likeness (QED) is 0.511. The van der Waals surface area contributed by atoms with E-state index in [-0.39, 0.29) is 5.83 Å². The molecule has 1 saturated heterocycles. The van der Waals surface area contributed by atoms with E-state index in [0.717, 1.165) is 61.8 Å². The van der Waals surface area contributed by atoms with Crippen molar-refractivity contribution < 1.29 is 13.9 Å². The van der Waals surface area contributed by atoms with E-state index in [1.54, 1.807) is 20.3 Å². The monoisotopic (exact) mass is 435 g/mol. The van der Waals surface area contributed by atoms with Crippen LogP contribution in [0.2, 0.25) is 0 Å². The van der Waals surface area contributed by atoms with Crippen molar-refractivity contribution in [3.05, 3.63) is 47.1 Å². The second-order valence-corrected chi connectivity index (χ2v) is 8.36. The molecule has 2 heterocycles. The van der Waals surface area contributed by atoms with Gasteiger partial charge >= 0.3 is 0 Å². The Labute approximate surface area is 189 Å². The van der Waals surface area contributed by atoms with Gasteiger partial charge in [-0.15, -0.1) is 6.42 Å². The first-order chi connectivity index (χ1) is 15.5. The summed E-state index contributed by atoms with van der Waals surface area (Å²) in [4.78, 5) is 7.08. The minimum Gasteiger partial charge on any atom is -0.493 e. The number of hydrogen-bond donors (Lipinski definition) is 1. The van der Waals surface area contributed by atoms with Crippen LogP contribution in [-0.4, -0.2) is 43.2 Å². The zero-order valence-electron chi connectivity index (χ0n) is 19.0. The lowest BCUT2D eigenvalue weighted by Crippen LogP contribution is -2.38. The van der Waals surface area contributed by atoms with Crippen LogP contribution in [-0.2, 0) is 12.8 Å². The number of aryl methyl sites for hydroxylation is 1. The van der Waals surface area contributed by atoms with Gasteiger partial charge in [0, 0.05) is 53.7 Å². The summed E-state index contributed by atoms with van der Waals surface area (Å²) in [6, 6.07) is 4.31. The molecule has 32 heavy (non-hydrogen) atoms. The molecule has 4 rings (SSSR count). The lowest BCUT2D eigenvalue weighted by molar-refractivity contribution is 0.278. The van der Waals surface area contributed by atoms with E-state index >= 15 is 0 Å². The number of pyridine rings is 1. The second-order valence-electron chi connectivity index (χ2n) is 8.36. The summed E-state index contributed by atoms with van der Waals surface area (Å²) in [7, 11) is 3.30. The van der Waals surface area contributed by atoms with Crippen LogP contribution in [0.5, 0.6) is 11.5 Å². The van der Waals surface area contributed by atoms with Gasteiger partial charge < -0.3 is 19.7 Å². The molecule has 1 aliphatic heterocycles. The third kappa shape index (κ3) is 4.38. The lowest BCUT2D eigenvalue weighted by atomic mass is 10.0. The van der Waals surface area contributed by atoms with Crippen LogP contribution in [0.3, 0.4) is 0 Å². The predicted octanol–water partition coefficient (Wildman–Crippen LogP) is 5.01. The molecule has 1 aliphatic carbocycles. The number of terminal acetylenes is 1. The maximum Gasteiger partial charge on any atom is 0.162 e. The smallest absolute Gasteiger partial charge is 0.162 e. The van der Waals surface area contributed by atoms with Gasteiger partial charge in [0.05, 0.1) is 25.6 Å². The highest BCUT2D eigenvalue weighted by Crippen LogP contribution is 2.40. The van der Waals surface area contributed by atoms with E-state index in [9.17, 15) is 4.39 Å². The lowest BCUT2D eigenvalue weighted by Gasteiger charge is -2.35. The van der Waals surface area contributed by atoms with E-state index in [4.69, 9.17) is 20.9 Å². The minimum atomic E-state index is -0.241. The van der Waals surface area contributed by atoms with Gasteiger partial charge in [-0.1, -0.05) is 5.92 Å². The molecule has 0 radical (unpaired) electrons.